The third-order valence-corrected chi connectivity index (χ3v) is 7.24. The number of unbranched alkanes of at least 4 members (excludes halogenated alkanes) is 1. The number of hydrogen-bond donors (Lipinski definition) is 0. The highest BCUT2D eigenvalue weighted by Crippen LogP contribution is 2.45. The fraction of sp³-hybridized carbons (Fsp3) is 0.731. The standard InChI is InChI=1S/C26H40O4/c1-4-6-19-29-24-13-11-22(12-14-24)20-7-9-21(10-8-20)23-15-17-26(3,18-16-23)30-25(27)28-5-2/h11-14,20-21,23H,4-10,15-19H2,1-3H3. The summed E-state index contributed by atoms with van der Waals surface area (Å²) in [6.45, 7) is 7.24. The van der Waals surface area contributed by atoms with E-state index >= 15 is 0 Å². The summed E-state index contributed by atoms with van der Waals surface area (Å²) in [5, 5.41) is 0. The maximum absolute atomic E-state index is 11.7. The Morgan fingerprint density at radius 1 is 0.967 bits per heavy atom. The van der Waals surface area contributed by atoms with Gasteiger partial charge in [-0.25, -0.2) is 4.79 Å². The molecule has 2 saturated carbocycles. The fourth-order valence-corrected chi connectivity index (χ4v) is 5.27. The van der Waals surface area contributed by atoms with E-state index in [1.807, 2.05) is 6.92 Å². The third-order valence-electron chi connectivity index (χ3n) is 7.24. The van der Waals surface area contributed by atoms with Gasteiger partial charge in [-0.15, -0.1) is 0 Å². The molecule has 168 valence electrons. The van der Waals surface area contributed by atoms with E-state index in [0.717, 1.165) is 56.3 Å². The summed E-state index contributed by atoms with van der Waals surface area (Å²) >= 11 is 0. The number of carbonyl (C=O) groups excluding carboxylic acids is 1. The molecular formula is C26H40O4. The third kappa shape index (κ3) is 6.39. The van der Waals surface area contributed by atoms with Crippen molar-refractivity contribution >= 4 is 6.16 Å². The maximum Gasteiger partial charge on any atom is 0.508 e. The molecule has 4 heteroatoms. The van der Waals surface area contributed by atoms with Crippen molar-refractivity contribution in [2.24, 2.45) is 11.8 Å². The largest absolute Gasteiger partial charge is 0.508 e. The average molecular weight is 417 g/mol. The normalized spacial score (nSPS) is 29.2. The van der Waals surface area contributed by atoms with Gasteiger partial charge < -0.3 is 14.2 Å². The number of rotatable bonds is 8. The molecule has 1 aromatic rings. The van der Waals surface area contributed by atoms with Gasteiger partial charge in [-0.1, -0.05) is 25.5 Å². The minimum Gasteiger partial charge on any atom is -0.494 e. The van der Waals surface area contributed by atoms with Crippen LogP contribution in [0.5, 0.6) is 5.75 Å². The van der Waals surface area contributed by atoms with Crippen LogP contribution in [0.15, 0.2) is 24.3 Å². The van der Waals surface area contributed by atoms with Crippen molar-refractivity contribution in [2.75, 3.05) is 13.2 Å². The number of benzene rings is 1. The Balaban J connectivity index is 1.42. The zero-order chi connectivity index (χ0) is 21.4. The second kappa shape index (κ2) is 11.1. The van der Waals surface area contributed by atoms with Crippen molar-refractivity contribution in [1.82, 2.24) is 0 Å². The minimum absolute atomic E-state index is 0.346. The summed E-state index contributed by atoms with van der Waals surface area (Å²) in [4.78, 5) is 11.7. The molecule has 0 unspecified atom stereocenters. The van der Waals surface area contributed by atoms with Gasteiger partial charge in [-0.05, 0) is 107 Å². The van der Waals surface area contributed by atoms with Gasteiger partial charge in [-0.2, -0.15) is 0 Å². The molecule has 0 bridgehead atoms. The van der Waals surface area contributed by atoms with Crippen LogP contribution in [-0.4, -0.2) is 25.0 Å². The molecule has 0 aliphatic heterocycles. The molecule has 0 atom stereocenters. The van der Waals surface area contributed by atoms with Crippen molar-refractivity contribution in [1.29, 1.82) is 0 Å². The molecule has 2 aliphatic carbocycles. The quantitative estimate of drug-likeness (QED) is 0.330. The highest BCUT2D eigenvalue weighted by Gasteiger charge is 2.38. The molecule has 4 nitrogen and oxygen atoms in total. The topological polar surface area (TPSA) is 44.8 Å². The molecule has 3 rings (SSSR count). The van der Waals surface area contributed by atoms with Crippen LogP contribution in [0, 0.1) is 11.8 Å². The lowest BCUT2D eigenvalue weighted by Gasteiger charge is -2.41. The highest BCUT2D eigenvalue weighted by atomic mass is 16.7. The molecular weight excluding hydrogens is 376 g/mol. The molecule has 0 aromatic heterocycles. The van der Waals surface area contributed by atoms with E-state index < -0.39 is 6.16 Å². The fourth-order valence-electron chi connectivity index (χ4n) is 5.27. The molecule has 2 fully saturated rings. The molecule has 0 amide bonds. The molecule has 2 aliphatic rings. The van der Waals surface area contributed by atoms with Crippen LogP contribution in [0.25, 0.3) is 0 Å². The summed E-state index contributed by atoms with van der Waals surface area (Å²) in [5.41, 5.74) is 1.12. The zero-order valence-electron chi connectivity index (χ0n) is 19.2. The number of carbonyl (C=O) groups is 1. The molecule has 1 aromatic carbocycles. The first-order valence-corrected chi connectivity index (χ1v) is 12.1. The number of hydrogen-bond acceptors (Lipinski definition) is 4. The molecule has 0 saturated heterocycles. The van der Waals surface area contributed by atoms with Crippen LogP contribution in [-0.2, 0) is 9.47 Å². The van der Waals surface area contributed by atoms with Crippen molar-refractivity contribution in [3.8, 4) is 5.75 Å². The summed E-state index contributed by atoms with van der Waals surface area (Å²) < 4.78 is 16.4. The molecule has 0 spiro atoms. The molecule has 0 radical (unpaired) electrons. The second-order valence-electron chi connectivity index (χ2n) is 9.46. The van der Waals surface area contributed by atoms with E-state index in [1.54, 1.807) is 0 Å². The highest BCUT2D eigenvalue weighted by molar-refractivity contribution is 5.60. The Bertz CT molecular complexity index is 638. The second-order valence-corrected chi connectivity index (χ2v) is 9.46. The van der Waals surface area contributed by atoms with Crippen LogP contribution in [0.3, 0.4) is 0 Å². The van der Waals surface area contributed by atoms with Gasteiger partial charge in [0.1, 0.15) is 11.4 Å². The Morgan fingerprint density at radius 2 is 1.60 bits per heavy atom. The van der Waals surface area contributed by atoms with Crippen LogP contribution >= 0.6 is 0 Å². The Hall–Kier alpha value is -1.71. The lowest BCUT2D eigenvalue weighted by atomic mass is 9.67. The lowest BCUT2D eigenvalue weighted by Crippen LogP contribution is -2.38. The molecule has 30 heavy (non-hydrogen) atoms. The minimum atomic E-state index is -0.513. The summed E-state index contributed by atoms with van der Waals surface area (Å²) in [6.07, 6.45) is 11.2. The lowest BCUT2D eigenvalue weighted by molar-refractivity contribution is -0.0549. The van der Waals surface area contributed by atoms with E-state index in [-0.39, 0.29) is 5.60 Å². The summed E-state index contributed by atoms with van der Waals surface area (Å²) in [6, 6.07) is 8.82. The van der Waals surface area contributed by atoms with Gasteiger partial charge in [0.05, 0.1) is 13.2 Å². The first-order valence-electron chi connectivity index (χ1n) is 12.1. The zero-order valence-corrected chi connectivity index (χ0v) is 19.2. The van der Waals surface area contributed by atoms with Gasteiger partial charge in [0, 0.05) is 0 Å². The summed E-state index contributed by atoms with van der Waals surface area (Å²) in [7, 11) is 0. The first-order chi connectivity index (χ1) is 14.5. The van der Waals surface area contributed by atoms with E-state index in [0.29, 0.717) is 12.5 Å². The van der Waals surface area contributed by atoms with Crippen molar-refractivity contribution in [2.45, 2.75) is 96.5 Å². The summed E-state index contributed by atoms with van der Waals surface area (Å²) in [5.74, 6) is 3.28. The van der Waals surface area contributed by atoms with Crippen LogP contribution in [0.4, 0.5) is 4.79 Å². The van der Waals surface area contributed by atoms with Crippen LogP contribution < -0.4 is 4.74 Å². The molecule has 0 heterocycles. The van der Waals surface area contributed by atoms with Crippen molar-refractivity contribution in [3.05, 3.63) is 29.8 Å². The Kier molecular flexibility index (Phi) is 8.47. The smallest absolute Gasteiger partial charge is 0.494 e. The predicted molar refractivity (Wildman–Crippen MR) is 120 cm³/mol. The SMILES string of the molecule is CCCCOc1ccc(C2CCC(C3CCC(C)(OC(=O)OCC)CC3)CC2)cc1. The Morgan fingerprint density at radius 3 is 2.20 bits per heavy atom. The van der Waals surface area contributed by atoms with Crippen LogP contribution in [0.1, 0.15) is 96.5 Å². The van der Waals surface area contributed by atoms with Crippen molar-refractivity contribution in [3.63, 3.8) is 0 Å². The van der Waals surface area contributed by atoms with Gasteiger partial charge in [-0.3, -0.25) is 0 Å². The first kappa shape index (κ1) is 23.0. The van der Waals surface area contributed by atoms with E-state index in [1.165, 1.54) is 37.7 Å². The van der Waals surface area contributed by atoms with Gasteiger partial charge in [0.2, 0.25) is 0 Å². The van der Waals surface area contributed by atoms with E-state index in [4.69, 9.17) is 14.2 Å². The van der Waals surface area contributed by atoms with Crippen LogP contribution in [0.2, 0.25) is 0 Å². The van der Waals surface area contributed by atoms with Gasteiger partial charge >= 0.3 is 6.16 Å². The van der Waals surface area contributed by atoms with E-state index in [2.05, 4.69) is 38.1 Å². The Labute approximate surface area is 182 Å². The predicted octanol–water partition coefficient (Wildman–Crippen LogP) is 7.26. The van der Waals surface area contributed by atoms with Crippen molar-refractivity contribution < 1.29 is 19.0 Å². The monoisotopic (exact) mass is 416 g/mol. The number of ether oxygens (including phenoxy) is 3. The van der Waals surface area contributed by atoms with Gasteiger partial charge in [0.25, 0.3) is 0 Å². The molecule has 0 N–H and O–H groups in total. The van der Waals surface area contributed by atoms with Gasteiger partial charge in [0.15, 0.2) is 0 Å². The maximum atomic E-state index is 11.7. The average Bonchev–Trinajstić information content (AvgIpc) is 2.75. The van der Waals surface area contributed by atoms with E-state index in [9.17, 15) is 4.79 Å².